The summed E-state index contributed by atoms with van der Waals surface area (Å²) in [6.07, 6.45) is 8.13. The number of aryl methyl sites for hydroxylation is 1. The largest absolute Gasteiger partial charge is 0.473 e. The summed E-state index contributed by atoms with van der Waals surface area (Å²) in [7, 11) is 0. The molecule has 2 aliphatic rings. The molecule has 0 unspecified atom stereocenters. The fraction of sp³-hybridized carbons (Fsp3) is 0.455. The Balaban J connectivity index is 0.000000377. The number of anilines is 1. The summed E-state index contributed by atoms with van der Waals surface area (Å²) in [5.41, 5.74) is 4.43. The Morgan fingerprint density at radius 2 is 1.60 bits per heavy atom. The highest BCUT2D eigenvalue weighted by Gasteiger charge is 2.20. The predicted octanol–water partition coefficient (Wildman–Crippen LogP) is 2.69. The Bertz CT molecular complexity index is 926. The molecule has 0 atom stereocenters. The van der Waals surface area contributed by atoms with Crippen LogP contribution in [-0.4, -0.2) is 57.6 Å². The summed E-state index contributed by atoms with van der Waals surface area (Å²) in [5, 5.41) is 19.1. The van der Waals surface area contributed by atoms with E-state index in [0.29, 0.717) is 6.54 Å². The molecule has 2 heterocycles. The minimum atomic E-state index is -1.82. The molecule has 3 N–H and O–H groups in total. The van der Waals surface area contributed by atoms with E-state index in [4.69, 9.17) is 24.8 Å². The van der Waals surface area contributed by atoms with Crippen molar-refractivity contribution in [2.24, 2.45) is 0 Å². The Kier molecular flexibility index (Phi) is 7.35. The van der Waals surface area contributed by atoms with Crippen LogP contribution in [0.4, 0.5) is 5.69 Å². The van der Waals surface area contributed by atoms with Crippen LogP contribution in [0.15, 0.2) is 24.3 Å². The first-order valence-electron chi connectivity index (χ1n) is 10.3. The first-order chi connectivity index (χ1) is 14.5. The summed E-state index contributed by atoms with van der Waals surface area (Å²) >= 11 is 0. The van der Waals surface area contributed by atoms with Crippen molar-refractivity contribution in [2.45, 2.75) is 44.9 Å². The molecule has 0 saturated carbocycles. The molecule has 8 heteroatoms. The lowest BCUT2D eigenvalue weighted by Crippen LogP contribution is -2.37. The van der Waals surface area contributed by atoms with Gasteiger partial charge in [0.15, 0.2) is 0 Å². The SMILES string of the molecule is O=C(CN1CCCCC1)Nc1c2c(nc3ccccc13)CCCC2.O=C(O)C(=O)O. The van der Waals surface area contributed by atoms with E-state index >= 15 is 0 Å². The highest BCUT2D eigenvalue weighted by molar-refractivity contribution is 6.27. The normalized spacial score (nSPS) is 16.1. The van der Waals surface area contributed by atoms with Crippen LogP contribution in [0.1, 0.15) is 43.4 Å². The molecule has 0 bridgehead atoms. The maximum absolute atomic E-state index is 12.6. The summed E-state index contributed by atoms with van der Waals surface area (Å²) in [6.45, 7) is 2.59. The molecular weight excluding hydrogens is 386 g/mol. The van der Waals surface area contributed by atoms with Gasteiger partial charge >= 0.3 is 11.9 Å². The number of fused-ring (bicyclic) bond motifs is 2. The number of aliphatic carboxylic acids is 2. The van der Waals surface area contributed by atoms with Crippen molar-refractivity contribution in [2.75, 3.05) is 25.0 Å². The Morgan fingerprint density at radius 1 is 0.933 bits per heavy atom. The molecule has 30 heavy (non-hydrogen) atoms. The van der Waals surface area contributed by atoms with Crippen LogP contribution in [0, 0.1) is 0 Å². The van der Waals surface area contributed by atoms with Gasteiger partial charge in [-0.2, -0.15) is 0 Å². The van der Waals surface area contributed by atoms with Crippen molar-refractivity contribution >= 4 is 34.4 Å². The fourth-order valence-electron chi connectivity index (χ4n) is 4.01. The van der Waals surface area contributed by atoms with Crippen molar-refractivity contribution in [3.8, 4) is 0 Å². The maximum Gasteiger partial charge on any atom is 0.414 e. The van der Waals surface area contributed by atoms with Crippen LogP contribution in [-0.2, 0) is 27.2 Å². The van der Waals surface area contributed by atoms with Gasteiger partial charge in [-0.05, 0) is 63.2 Å². The maximum atomic E-state index is 12.6. The molecule has 1 amide bonds. The number of carboxylic acids is 2. The topological polar surface area (TPSA) is 120 Å². The zero-order valence-corrected chi connectivity index (χ0v) is 16.9. The number of hydrogen-bond donors (Lipinski definition) is 3. The van der Waals surface area contributed by atoms with Crippen molar-refractivity contribution in [3.63, 3.8) is 0 Å². The van der Waals surface area contributed by atoms with Crippen LogP contribution in [0.5, 0.6) is 0 Å². The van der Waals surface area contributed by atoms with E-state index in [1.54, 1.807) is 0 Å². The molecule has 2 aromatic rings. The van der Waals surface area contributed by atoms with Crippen LogP contribution in [0.25, 0.3) is 10.9 Å². The molecule has 1 saturated heterocycles. The quantitative estimate of drug-likeness (QED) is 0.662. The van der Waals surface area contributed by atoms with Crippen molar-refractivity contribution in [1.29, 1.82) is 0 Å². The van der Waals surface area contributed by atoms with Gasteiger partial charge in [-0.3, -0.25) is 14.7 Å². The molecule has 0 spiro atoms. The minimum absolute atomic E-state index is 0.112. The van der Waals surface area contributed by atoms with E-state index < -0.39 is 11.9 Å². The molecule has 1 aliphatic heterocycles. The standard InChI is InChI=1S/C20H25N3O.C2H2O4/c24-19(14-23-12-6-1-7-13-23)22-20-15-8-2-4-10-17(15)21-18-11-5-3-9-16(18)20;3-1(4)2(5)6/h2,4,8,10H,1,3,5-7,9,11-14H2,(H,21,22,24);(H,3,4)(H,5,6). The van der Waals surface area contributed by atoms with Gasteiger partial charge < -0.3 is 15.5 Å². The van der Waals surface area contributed by atoms with Gasteiger partial charge in [0, 0.05) is 11.1 Å². The number of amides is 1. The molecule has 160 valence electrons. The van der Waals surface area contributed by atoms with E-state index in [9.17, 15) is 4.79 Å². The number of rotatable bonds is 3. The van der Waals surface area contributed by atoms with Crippen LogP contribution in [0.3, 0.4) is 0 Å². The van der Waals surface area contributed by atoms with E-state index in [1.165, 1.54) is 43.4 Å². The molecule has 0 radical (unpaired) electrons. The summed E-state index contributed by atoms with van der Waals surface area (Å²) in [5.74, 6) is -3.54. The number of piperidine rings is 1. The summed E-state index contributed by atoms with van der Waals surface area (Å²) < 4.78 is 0. The minimum Gasteiger partial charge on any atom is -0.473 e. The van der Waals surface area contributed by atoms with E-state index in [1.807, 2.05) is 18.2 Å². The Morgan fingerprint density at radius 3 is 2.30 bits per heavy atom. The second-order valence-electron chi connectivity index (χ2n) is 7.63. The third-order valence-electron chi connectivity index (χ3n) is 5.43. The molecule has 4 rings (SSSR count). The first-order valence-corrected chi connectivity index (χ1v) is 10.3. The number of carbonyl (C=O) groups is 3. The third kappa shape index (κ3) is 5.54. The number of benzene rings is 1. The van der Waals surface area contributed by atoms with Gasteiger partial charge in [0.05, 0.1) is 17.7 Å². The van der Waals surface area contributed by atoms with Gasteiger partial charge in [-0.15, -0.1) is 0 Å². The molecule has 8 nitrogen and oxygen atoms in total. The molecule has 1 fully saturated rings. The molecular formula is C22H27N3O5. The zero-order chi connectivity index (χ0) is 21.5. The van der Waals surface area contributed by atoms with Crippen molar-refractivity contribution in [3.05, 3.63) is 35.5 Å². The Labute approximate surface area is 174 Å². The number of nitrogens with one attached hydrogen (secondary N) is 1. The smallest absolute Gasteiger partial charge is 0.414 e. The van der Waals surface area contributed by atoms with Crippen LogP contribution < -0.4 is 5.32 Å². The van der Waals surface area contributed by atoms with Gasteiger partial charge in [0.25, 0.3) is 0 Å². The number of nitrogens with zero attached hydrogens (tertiary/aromatic N) is 2. The first kappa shape index (κ1) is 21.7. The second kappa shape index (κ2) is 10.2. The number of aromatic nitrogens is 1. The number of carboxylic acid groups (broad SMARTS) is 2. The number of hydrogen-bond acceptors (Lipinski definition) is 5. The third-order valence-corrected chi connectivity index (χ3v) is 5.43. The number of pyridine rings is 1. The van der Waals surface area contributed by atoms with Crippen molar-refractivity contribution < 1.29 is 24.6 Å². The average Bonchev–Trinajstić information content (AvgIpc) is 2.74. The fourth-order valence-corrected chi connectivity index (χ4v) is 4.01. The van der Waals surface area contributed by atoms with Gasteiger partial charge in [-0.25, -0.2) is 9.59 Å². The predicted molar refractivity (Wildman–Crippen MR) is 113 cm³/mol. The molecule has 1 aromatic heterocycles. The summed E-state index contributed by atoms with van der Waals surface area (Å²) in [6, 6.07) is 8.17. The lowest BCUT2D eigenvalue weighted by atomic mass is 9.92. The highest BCUT2D eigenvalue weighted by Crippen LogP contribution is 2.33. The van der Waals surface area contributed by atoms with Crippen LogP contribution in [0.2, 0.25) is 0 Å². The van der Waals surface area contributed by atoms with E-state index in [0.717, 1.165) is 42.5 Å². The van der Waals surface area contributed by atoms with Gasteiger partial charge in [0.2, 0.25) is 5.91 Å². The van der Waals surface area contributed by atoms with Gasteiger partial charge in [-0.1, -0.05) is 24.6 Å². The monoisotopic (exact) mass is 413 g/mol. The Hall–Kier alpha value is -3.00. The van der Waals surface area contributed by atoms with E-state index in [-0.39, 0.29) is 5.91 Å². The van der Waals surface area contributed by atoms with Crippen LogP contribution >= 0.6 is 0 Å². The average molecular weight is 413 g/mol. The van der Waals surface area contributed by atoms with E-state index in [2.05, 4.69) is 16.3 Å². The summed E-state index contributed by atoms with van der Waals surface area (Å²) in [4.78, 5) is 37.9. The zero-order valence-electron chi connectivity index (χ0n) is 16.9. The highest BCUT2D eigenvalue weighted by atomic mass is 16.4. The lowest BCUT2D eigenvalue weighted by Gasteiger charge is -2.26. The van der Waals surface area contributed by atoms with Gasteiger partial charge in [0.1, 0.15) is 0 Å². The number of likely N-dealkylation sites (tertiary alicyclic amines) is 1. The number of para-hydroxylation sites is 1. The second-order valence-corrected chi connectivity index (χ2v) is 7.63. The number of carbonyl (C=O) groups excluding carboxylic acids is 1. The van der Waals surface area contributed by atoms with Crippen molar-refractivity contribution in [1.82, 2.24) is 9.88 Å². The molecule has 1 aliphatic carbocycles. The lowest BCUT2D eigenvalue weighted by molar-refractivity contribution is -0.159. The molecule has 1 aromatic carbocycles.